The summed E-state index contributed by atoms with van der Waals surface area (Å²) in [5.74, 6) is -0.0742. The zero-order valence-corrected chi connectivity index (χ0v) is 13.2. The van der Waals surface area contributed by atoms with E-state index in [-0.39, 0.29) is 4.90 Å². The third-order valence-corrected chi connectivity index (χ3v) is 4.76. The molecule has 0 aliphatic heterocycles. The highest BCUT2D eigenvalue weighted by Gasteiger charge is 2.31. The highest BCUT2D eigenvalue weighted by Crippen LogP contribution is 2.21. The topological polar surface area (TPSA) is 72.5 Å². The van der Waals surface area contributed by atoms with Crippen LogP contribution in [0.5, 0.6) is 5.75 Å². The SMILES string of the molecule is COc1cccc(S(=O)(=O)[C@@H](C)C(=O)NC(C)(C)C)c1. The Kier molecular flexibility index (Phi) is 4.81. The van der Waals surface area contributed by atoms with Crippen LogP contribution in [0.15, 0.2) is 29.2 Å². The first-order chi connectivity index (χ1) is 9.08. The quantitative estimate of drug-likeness (QED) is 0.919. The molecule has 0 heterocycles. The van der Waals surface area contributed by atoms with E-state index in [2.05, 4.69) is 5.32 Å². The maximum Gasteiger partial charge on any atom is 0.238 e. The molecule has 0 unspecified atom stereocenters. The second-order valence-electron chi connectivity index (χ2n) is 5.61. The van der Waals surface area contributed by atoms with Crippen LogP contribution in [0.25, 0.3) is 0 Å². The van der Waals surface area contributed by atoms with Crippen molar-refractivity contribution in [3.63, 3.8) is 0 Å². The fraction of sp³-hybridized carbons (Fsp3) is 0.500. The summed E-state index contributed by atoms with van der Waals surface area (Å²) >= 11 is 0. The van der Waals surface area contributed by atoms with Crippen LogP contribution in [0.3, 0.4) is 0 Å². The van der Waals surface area contributed by atoms with Crippen molar-refractivity contribution in [3.05, 3.63) is 24.3 Å². The number of amides is 1. The number of hydrogen-bond donors (Lipinski definition) is 1. The molecule has 1 N–H and O–H groups in total. The lowest BCUT2D eigenvalue weighted by Gasteiger charge is -2.23. The van der Waals surface area contributed by atoms with Gasteiger partial charge in [0.2, 0.25) is 5.91 Å². The van der Waals surface area contributed by atoms with Gasteiger partial charge in [0.05, 0.1) is 12.0 Å². The number of carbonyl (C=O) groups excluding carboxylic acids is 1. The summed E-state index contributed by atoms with van der Waals surface area (Å²) in [6, 6.07) is 6.11. The molecule has 1 aromatic carbocycles. The molecule has 112 valence electrons. The molecule has 1 amide bonds. The van der Waals surface area contributed by atoms with Gasteiger partial charge in [-0.15, -0.1) is 0 Å². The maximum atomic E-state index is 12.4. The molecule has 0 aliphatic rings. The van der Waals surface area contributed by atoms with Crippen LogP contribution in [0, 0.1) is 0 Å². The number of carbonyl (C=O) groups is 1. The van der Waals surface area contributed by atoms with Gasteiger partial charge in [0.15, 0.2) is 9.84 Å². The van der Waals surface area contributed by atoms with Crippen molar-refractivity contribution >= 4 is 15.7 Å². The minimum atomic E-state index is -3.74. The molecule has 5 nitrogen and oxygen atoms in total. The molecule has 0 saturated carbocycles. The lowest BCUT2D eigenvalue weighted by atomic mass is 10.1. The number of methoxy groups -OCH3 is 1. The summed E-state index contributed by atoms with van der Waals surface area (Å²) in [4.78, 5) is 12.1. The average molecular weight is 299 g/mol. The van der Waals surface area contributed by atoms with E-state index < -0.39 is 26.5 Å². The second-order valence-corrected chi connectivity index (χ2v) is 7.87. The third-order valence-electron chi connectivity index (χ3n) is 2.70. The molecule has 6 heteroatoms. The summed E-state index contributed by atoms with van der Waals surface area (Å²) in [6.45, 7) is 6.79. The zero-order chi connectivity index (χ0) is 15.6. The minimum Gasteiger partial charge on any atom is -0.497 e. The van der Waals surface area contributed by atoms with Crippen LogP contribution >= 0.6 is 0 Å². The van der Waals surface area contributed by atoms with Crippen LogP contribution in [-0.4, -0.2) is 32.2 Å². The van der Waals surface area contributed by atoms with Gasteiger partial charge in [-0.2, -0.15) is 0 Å². The first-order valence-corrected chi connectivity index (χ1v) is 7.82. The molecular formula is C14H21NO4S. The molecule has 0 spiro atoms. The van der Waals surface area contributed by atoms with Crippen molar-refractivity contribution < 1.29 is 17.9 Å². The van der Waals surface area contributed by atoms with E-state index in [4.69, 9.17) is 4.74 Å². The summed E-state index contributed by atoms with van der Waals surface area (Å²) in [5, 5.41) is 1.52. The van der Waals surface area contributed by atoms with E-state index in [1.54, 1.807) is 32.9 Å². The predicted molar refractivity (Wildman–Crippen MR) is 77.5 cm³/mol. The molecule has 0 fully saturated rings. The number of benzene rings is 1. The molecule has 1 atom stereocenters. The normalized spacial score (nSPS) is 13.7. The van der Waals surface area contributed by atoms with Gasteiger partial charge in [-0.1, -0.05) is 6.07 Å². The second kappa shape index (κ2) is 5.83. The number of nitrogens with one attached hydrogen (secondary N) is 1. The van der Waals surface area contributed by atoms with Crippen molar-refractivity contribution in [1.82, 2.24) is 5.32 Å². The number of sulfone groups is 1. The van der Waals surface area contributed by atoms with E-state index in [1.807, 2.05) is 0 Å². The van der Waals surface area contributed by atoms with Gasteiger partial charge in [-0.3, -0.25) is 4.79 Å². The lowest BCUT2D eigenvalue weighted by Crippen LogP contribution is -2.47. The van der Waals surface area contributed by atoms with Gasteiger partial charge >= 0.3 is 0 Å². The Morgan fingerprint density at radius 2 is 1.90 bits per heavy atom. The minimum absolute atomic E-state index is 0.0772. The summed E-state index contributed by atoms with van der Waals surface area (Å²) < 4.78 is 29.8. The highest BCUT2D eigenvalue weighted by molar-refractivity contribution is 7.92. The first kappa shape index (κ1) is 16.5. The van der Waals surface area contributed by atoms with E-state index in [0.29, 0.717) is 5.75 Å². The smallest absolute Gasteiger partial charge is 0.238 e. The number of ether oxygens (including phenoxy) is 1. The predicted octanol–water partition coefficient (Wildman–Crippen LogP) is 1.77. The Bertz CT molecular complexity index is 587. The molecule has 0 saturated heterocycles. The van der Waals surface area contributed by atoms with E-state index in [1.165, 1.54) is 26.2 Å². The lowest BCUT2D eigenvalue weighted by molar-refractivity contribution is -0.121. The molecule has 0 bridgehead atoms. The van der Waals surface area contributed by atoms with Crippen molar-refractivity contribution in [2.75, 3.05) is 7.11 Å². The van der Waals surface area contributed by atoms with Crippen LogP contribution in [-0.2, 0) is 14.6 Å². The van der Waals surface area contributed by atoms with Crippen molar-refractivity contribution in [2.45, 2.75) is 43.4 Å². The van der Waals surface area contributed by atoms with Gasteiger partial charge in [0.25, 0.3) is 0 Å². The van der Waals surface area contributed by atoms with Crippen LogP contribution in [0.1, 0.15) is 27.7 Å². The standard InChI is InChI=1S/C14H21NO4S/c1-10(13(16)15-14(2,3)4)20(17,18)12-8-6-7-11(9-12)19-5/h6-10H,1-5H3,(H,15,16)/t10-/m0/s1. The monoisotopic (exact) mass is 299 g/mol. The Morgan fingerprint density at radius 1 is 1.30 bits per heavy atom. The molecule has 1 aromatic rings. The molecule has 0 aromatic heterocycles. The number of rotatable bonds is 4. The number of hydrogen-bond acceptors (Lipinski definition) is 4. The largest absolute Gasteiger partial charge is 0.497 e. The van der Waals surface area contributed by atoms with Crippen LogP contribution in [0.4, 0.5) is 0 Å². The fourth-order valence-corrected chi connectivity index (χ4v) is 2.89. The van der Waals surface area contributed by atoms with Crippen LogP contribution in [0.2, 0.25) is 0 Å². The molecule has 0 aliphatic carbocycles. The van der Waals surface area contributed by atoms with Gasteiger partial charge in [0.1, 0.15) is 11.0 Å². The van der Waals surface area contributed by atoms with E-state index in [0.717, 1.165) is 0 Å². The van der Waals surface area contributed by atoms with Gasteiger partial charge in [-0.05, 0) is 45.9 Å². The molecule has 0 radical (unpaired) electrons. The summed E-state index contributed by atoms with van der Waals surface area (Å²) in [6.07, 6.45) is 0. The maximum absolute atomic E-state index is 12.4. The van der Waals surface area contributed by atoms with E-state index in [9.17, 15) is 13.2 Å². The van der Waals surface area contributed by atoms with Gasteiger partial charge < -0.3 is 10.1 Å². The average Bonchev–Trinajstić information content (AvgIpc) is 2.35. The van der Waals surface area contributed by atoms with Crippen molar-refractivity contribution in [2.24, 2.45) is 0 Å². The highest BCUT2D eigenvalue weighted by atomic mass is 32.2. The van der Waals surface area contributed by atoms with Gasteiger partial charge in [0, 0.05) is 5.54 Å². The fourth-order valence-electron chi connectivity index (χ4n) is 1.59. The Labute approximate surface area is 120 Å². The zero-order valence-electron chi connectivity index (χ0n) is 12.4. The molecular weight excluding hydrogens is 278 g/mol. The van der Waals surface area contributed by atoms with Crippen molar-refractivity contribution in [1.29, 1.82) is 0 Å². The Balaban J connectivity index is 3.06. The van der Waals surface area contributed by atoms with E-state index >= 15 is 0 Å². The van der Waals surface area contributed by atoms with Crippen LogP contribution < -0.4 is 10.1 Å². The van der Waals surface area contributed by atoms with Gasteiger partial charge in [-0.25, -0.2) is 8.42 Å². The molecule has 1 rings (SSSR count). The summed E-state index contributed by atoms with van der Waals surface area (Å²) in [7, 11) is -2.28. The first-order valence-electron chi connectivity index (χ1n) is 6.28. The Morgan fingerprint density at radius 3 is 2.40 bits per heavy atom. The molecule has 20 heavy (non-hydrogen) atoms. The summed E-state index contributed by atoms with van der Waals surface area (Å²) in [5.41, 5.74) is -0.477. The van der Waals surface area contributed by atoms with Crippen molar-refractivity contribution in [3.8, 4) is 5.75 Å². The third kappa shape index (κ3) is 3.96. The Hall–Kier alpha value is -1.56.